The Morgan fingerprint density at radius 2 is 1.82 bits per heavy atom. The Bertz CT molecular complexity index is 1660. The number of ether oxygens (including phenoxy) is 2. The summed E-state index contributed by atoms with van der Waals surface area (Å²) in [5.74, 6) is -1.14. The highest BCUT2D eigenvalue weighted by molar-refractivity contribution is 6.15. The van der Waals surface area contributed by atoms with Gasteiger partial charge in [-0.2, -0.15) is 0 Å². The van der Waals surface area contributed by atoms with Gasteiger partial charge in [0.1, 0.15) is 35.6 Å². The highest BCUT2D eigenvalue weighted by atomic mass is 19.1. The first kappa shape index (κ1) is 24.8. The zero-order valence-electron chi connectivity index (χ0n) is 20.8. The number of carboxylic acid groups (broad SMARTS) is 1. The Kier molecular flexibility index (Phi) is 6.60. The van der Waals surface area contributed by atoms with Gasteiger partial charge >= 0.3 is 5.97 Å². The number of benzene rings is 3. The van der Waals surface area contributed by atoms with E-state index < -0.39 is 12.0 Å². The second-order valence-electron chi connectivity index (χ2n) is 9.36. The maximum atomic E-state index is 13.3. The number of aromatic carboxylic acids is 1. The molecular formula is C30H25FN2O6. The molecule has 3 aromatic carbocycles. The molecule has 1 unspecified atom stereocenters. The fraction of sp³-hybridized carbons (Fsp3) is 0.200. The number of phenols is 1. The van der Waals surface area contributed by atoms with Gasteiger partial charge in [-0.25, -0.2) is 14.2 Å². The number of hydrogen-bond donors (Lipinski definition) is 2. The van der Waals surface area contributed by atoms with Gasteiger partial charge in [-0.3, -0.25) is 4.90 Å². The van der Waals surface area contributed by atoms with Gasteiger partial charge in [0.05, 0.1) is 19.3 Å². The van der Waals surface area contributed by atoms with Crippen molar-refractivity contribution in [2.75, 3.05) is 26.3 Å². The Morgan fingerprint density at radius 3 is 2.56 bits per heavy atom. The number of rotatable bonds is 7. The minimum absolute atomic E-state index is 0.0101. The minimum Gasteiger partial charge on any atom is -0.507 e. The fourth-order valence-corrected chi connectivity index (χ4v) is 5.21. The number of pyridine rings is 1. The number of furan rings is 1. The molecule has 3 heterocycles. The van der Waals surface area contributed by atoms with Crippen LogP contribution in [-0.4, -0.2) is 52.4 Å². The topological polar surface area (TPSA) is 105 Å². The maximum absolute atomic E-state index is 13.3. The molecule has 1 aliphatic rings. The van der Waals surface area contributed by atoms with Gasteiger partial charge in [0.25, 0.3) is 0 Å². The van der Waals surface area contributed by atoms with Crippen LogP contribution in [0.25, 0.3) is 21.7 Å². The second kappa shape index (κ2) is 10.4. The summed E-state index contributed by atoms with van der Waals surface area (Å²) >= 11 is 0. The predicted molar refractivity (Wildman–Crippen MR) is 142 cm³/mol. The molecule has 9 heteroatoms. The van der Waals surface area contributed by atoms with Crippen molar-refractivity contribution < 1.29 is 33.3 Å². The number of carbonyl (C=O) groups is 1. The SMILES string of the molecule is O=C(O)c1coc2c1c(C(c1ccnc(OCc3ccc(F)cc3)c1)N1CCOCC1)c(O)c1ccccc12. The van der Waals surface area contributed by atoms with Crippen LogP contribution in [-0.2, 0) is 11.3 Å². The maximum Gasteiger partial charge on any atom is 0.339 e. The molecule has 5 aromatic rings. The van der Waals surface area contributed by atoms with Gasteiger partial charge in [0.15, 0.2) is 0 Å². The first-order chi connectivity index (χ1) is 19.0. The third kappa shape index (κ3) is 4.67. The van der Waals surface area contributed by atoms with E-state index in [0.29, 0.717) is 59.5 Å². The molecular weight excluding hydrogens is 503 g/mol. The lowest BCUT2D eigenvalue weighted by molar-refractivity contribution is 0.0238. The summed E-state index contributed by atoms with van der Waals surface area (Å²) in [5.41, 5.74) is 2.35. The van der Waals surface area contributed by atoms with Gasteiger partial charge in [0, 0.05) is 47.1 Å². The quantitative estimate of drug-likeness (QED) is 0.284. The van der Waals surface area contributed by atoms with Gasteiger partial charge in [-0.05, 0) is 29.3 Å². The number of morpholine rings is 1. The van der Waals surface area contributed by atoms with Crippen LogP contribution in [0, 0.1) is 5.82 Å². The molecule has 8 nitrogen and oxygen atoms in total. The van der Waals surface area contributed by atoms with E-state index in [4.69, 9.17) is 13.9 Å². The first-order valence-corrected chi connectivity index (χ1v) is 12.5. The molecule has 0 radical (unpaired) electrons. The summed E-state index contributed by atoms with van der Waals surface area (Å²) in [7, 11) is 0. The van der Waals surface area contributed by atoms with E-state index in [9.17, 15) is 19.4 Å². The molecule has 2 aromatic heterocycles. The van der Waals surface area contributed by atoms with Crippen molar-refractivity contribution in [2.24, 2.45) is 0 Å². The average molecular weight is 529 g/mol. The number of aromatic nitrogens is 1. The molecule has 1 aliphatic heterocycles. The van der Waals surface area contributed by atoms with Crippen LogP contribution < -0.4 is 4.74 Å². The summed E-state index contributed by atoms with van der Waals surface area (Å²) in [6.07, 6.45) is 2.84. The van der Waals surface area contributed by atoms with E-state index in [1.807, 2.05) is 18.2 Å². The average Bonchev–Trinajstić information content (AvgIpc) is 3.41. The van der Waals surface area contributed by atoms with Gasteiger partial charge in [0.2, 0.25) is 5.88 Å². The van der Waals surface area contributed by atoms with Gasteiger partial charge < -0.3 is 24.1 Å². The van der Waals surface area contributed by atoms with E-state index in [1.54, 1.807) is 36.5 Å². The van der Waals surface area contributed by atoms with Crippen LogP contribution in [0.2, 0.25) is 0 Å². The van der Waals surface area contributed by atoms with Crippen molar-refractivity contribution in [2.45, 2.75) is 12.6 Å². The summed E-state index contributed by atoms with van der Waals surface area (Å²) < 4.78 is 30.6. The normalized spacial score (nSPS) is 15.0. The van der Waals surface area contributed by atoms with Crippen LogP contribution in [0.1, 0.15) is 33.1 Å². The fourth-order valence-electron chi connectivity index (χ4n) is 5.21. The number of carboxylic acids is 1. The molecule has 6 rings (SSSR count). The summed E-state index contributed by atoms with van der Waals surface area (Å²) in [5, 5.41) is 23.3. The Balaban J connectivity index is 1.51. The minimum atomic E-state index is -1.15. The lowest BCUT2D eigenvalue weighted by Gasteiger charge is -2.36. The number of halogens is 1. The Labute approximate surface area is 222 Å². The molecule has 0 amide bonds. The number of phenolic OH excluding ortho intramolecular Hbond substituents is 1. The molecule has 0 saturated carbocycles. The smallest absolute Gasteiger partial charge is 0.339 e. The second-order valence-corrected chi connectivity index (χ2v) is 9.36. The Hall–Kier alpha value is -4.47. The lowest BCUT2D eigenvalue weighted by atomic mass is 9.89. The number of aromatic hydroxyl groups is 1. The number of fused-ring (bicyclic) bond motifs is 3. The van der Waals surface area contributed by atoms with E-state index in [2.05, 4.69) is 9.88 Å². The molecule has 0 aliphatic carbocycles. The summed E-state index contributed by atoms with van der Waals surface area (Å²) in [4.78, 5) is 18.8. The number of nitrogens with zero attached hydrogens (tertiary/aromatic N) is 2. The third-order valence-electron chi connectivity index (χ3n) is 7.03. The van der Waals surface area contributed by atoms with Crippen molar-refractivity contribution in [1.29, 1.82) is 0 Å². The molecule has 0 spiro atoms. The molecule has 39 heavy (non-hydrogen) atoms. The van der Waals surface area contributed by atoms with Crippen LogP contribution in [0.4, 0.5) is 4.39 Å². The lowest BCUT2D eigenvalue weighted by Crippen LogP contribution is -2.39. The van der Waals surface area contributed by atoms with Crippen molar-refractivity contribution >= 4 is 27.7 Å². The molecule has 1 fully saturated rings. The Morgan fingerprint density at radius 1 is 1.08 bits per heavy atom. The van der Waals surface area contributed by atoms with E-state index in [-0.39, 0.29) is 23.7 Å². The van der Waals surface area contributed by atoms with Crippen molar-refractivity contribution in [3.8, 4) is 11.6 Å². The van der Waals surface area contributed by atoms with Crippen molar-refractivity contribution in [3.63, 3.8) is 0 Å². The zero-order valence-corrected chi connectivity index (χ0v) is 20.8. The van der Waals surface area contributed by atoms with E-state index in [0.717, 1.165) is 11.1 Å². The van der Waals surface area contributed by atoms with Crippen molar-refractivity contribution in [1.82, 2.24) is 9.88 Å². The van der Waals surface area contributed by atoms with E-state index >= 15 is 0 Å². The van der Waals surface area contributed by atoms with Gasteiger partial charge in [-0.15, -0.1) is 0 Å². The number of hydrogen-bond acceptors (Lipinski definition) is 7. The van der Waals surface area contributed by atoms with Crippen LogP contribution in [0.15, 0.2) is 77.5 Å². The van der Waals surface area contributed by atoms with Gasteiger partial charge in [-0.1, -0.05) is 36.4 Å². The first-order valence-electron chi connectivity index (χ1n) is 12.5. The molecule has 198 valence electrons. The summed E-state index contributed by atoms with van der Waals surface area (Å²) in [6.45, 7) is 2.29. The largest absolute Gasteiger partial charge is 0.507 e. The highest BCUT2D eigenvalue weighted by Gasteiger charge is 2.33. The van der Waals surface area contributed by atoms with Crippen LogP contribution in [0.5, 0.6) is 11.6 Å². The highest BCUT2D eigenvalue weighted by Crippen LogP contribution is 2.46. The third-order valence-corrected chi connectivity index (χ3v) is 7.03. The van der Waals surface area contributed by atoms with Crippen LogP contribution in [0.3, 0.4) is 0 Å². The zero-order chi connectivity index (χ0) is 26.9. The monoisotopic (exact) mass is 528 g/mol. The molecule has 0 bridgehead atoms. The van der Waals surface area contributed by atoms with E-state index in [1.165, 1.54) is 18.4 Å². The van der Waals surface area contributed by atoms with Crippen LogP contribution >= 0.6 is 0 Å². The molecule has 2 N–H and O–H groups in total. The molecule has 1 atom stereocenters. The summed E-state index contributed by atoms with van der Waals surface area (Å²) in [6, 6.07) is 16.3. The standard InChI is InChI=1S/C30H25FN2O6/c31-20-7-5-18(6-8-20)16-38-24-15-19(9-10-32-24)27(33-11-13-37-14-12-33)26-25-23(30(35)36)17-39-29(25)22-4-2-1-3-21(22)28(26)34/h1-10,15,17,27,34H,11-14,16H2,(H,35,36). The molecule has 1 saturated heterocycles. The van der Waals surface area contributed by atoms with Crippen molar-refractivity contribution in [3.05, 3.63) is 101 Å². The predicted octanol–water partition coefficient (Wildman–Crippen LogP) is 5.52.